The molecule has 28 heavy (non-hydrogen) atoms. The lowest BCUT2D eigenvalue weighted by Gasteiger charge is -2.37. The fourth-order valence-corrected chi connectivity index (χ4v) is 3.73. The number of nitrogens with zero attached hydrogens (tertiary/aromatic N) is 1. The third-order valence-corrected chi connectivity index (χ3v) is 4.97. The maximum Gasteiger partial charge on any atom is 0.337 e. The number of rotatable bonds is 5. The summed E-state index contributed by atoms with van der Waals surface area (Å²) in [5.74, 6) is 0.399. The first-order valence-electron chi connectivity index (χ1n) is 9.15. The van der Waals surface area contributed by atoms with Crippen molar-refractivity contribution in [3.8, 4) is 5.75 Å². The molecule has 146 valence electrons. The van der Waals surface area contributed by atoms with E-state index in [2.05, 4.69) is 5.32 Å². The first kappa shape index (κ1) is 19.9. The lowest BCUT2D eigenvalue weighted by Crippen LogP contribution is -2.48. The molecule has 1 aliphatic rings. The van der Waals surface area contributed by atoms with Crippen molar-refractivity contribution in [2.45, 2.75) is 26.8 Å². The Kier molecular flexibility index (Phi) is 5.99. The maximum absolute atomic E-state index is 12.7. The highest BCUT2D eigenvalue weighted by atomic mass is 32.1. The summed E-state index contributed by atoms with van der Waals surface area (Å²) in [7, 11) is 1.39. The zero-order valence-electron chi connectivity index (χ0n) is 16.5. The molecule has 5 nitrogen and oxygen atoms in total. The van der Waals surface area contributed by atoms with Gasteiger partial charge in [-0.15, -0.1) is 0 Å². The number of ether oxygens (including phenoxy) is 2. The SMILES string of the molecule is CCOc1ccc(C2NC(=S)N(c3cccc(C)c3)C(C)=C2C(=O)OC)cc1. The van der Waals surface area contributed by atoms with Gasteiger partial charge in [0.2, 0.25) is 0 Å². The molecule has 0 saturated heterocycles. The Hall–Kier alpha value is -2.86. The van der Waals surface area contributed by atoms with E-state index in [1.807, 2.05) is 74.2 Å². The fourth-order valence-electron chi connectivity index (χ4n) is 3.37. The molecule has 1 N–H and O–H groups in total. The molecule has 0 bridgehead atoms. The van der Waals surface area contributed by atoms with Crippen LogP contribution in [0.1, 0.15) is 31.0 Å². The number of methoxy groups -OCH3 is 1. The molecule has 0 amide bonds. The van der Waals surface area contributed by atoms with Crippen molar-refractivity contribution in [3.63, 3.8) is 0 Å². The monoisotopic (exact) mass is 396 g/mol. The van der Waals surface area contributed by atoms with Gasteiger partial charge in [0.1, 0.15) is 5.75 Å². The molecule has 0 aliphatic carbocycles. The van der Waals surface area contributed by atoms with Crippen LogP contribution >= 0.6 is 12.2 Å². The van der Waals surface area contributed by atoms with Crippen molar-refractivity contribution in [2.75, 3.05) is 18.6 Å². The highest BCUT2D eigenvalue weighted by molar-refractivity contribution is 7.80. The van der Waals surface area contributed by atoms with E-state index in [0.29, 0.717) is 17.3 Å². The predicted molar refractivity (Wildman–Crippen MR) is 114 cm³/mol. The largest absolute Gasteiger partial charge is 0.494 e. The minimum Gasteiger partial charge on any atom is -0.494 e. The number of carbonyl (C=O) groups is 1. The van der Waals surface area contributed by atoms with Gasteiger partial charge in [0.05, 0.1) is 25.3 Å². The van der Waals surface area contributed by atoms with Gasteiger partial charge in [-0.1, -0.05) is 24.3 Å². The summed E-state index contributed by atoms with van der Waals surface area (Å²) in [6, 6.07) is 15.2. The first-order chi connectivity index (χ1) is 13.5. The lowest BCUT2D eigenvalue weighted by atomic mass is 9.94. The molecule has 0 spiro atoms. The van der Waals surface area contributed by atoms with Gasteiger partial charge in [0.15, 0.2) is 5.11 Å². The van der Waals surface area contributed by atoms with Crippen LogP contribution in [0.5, 0.6) is 5.75 Å². The molecule has 1 atom stereocenters. The molecule has 2 aromatic carbocycles. The van der Waals surface area contributed by atoms with E-state index in [9.17, 15) is 4.79 Å². The van der Waals surface area contributed by atoms with Gasteiger partial charge in [-0.25, -0.2) is 4.79 Å². The van der Waals surface area contributed by atoms with Gasteiger partial charge in [-0.05, 0) is 68.4 Å². The number of anilines is 1. The normalized spacial score (nSPS) is 16.6. The maximum atomic E-state index is 12.7. The van der Waals surface area contributed by atoms with Gasteiger partial charge in [-0.3, -0.25) is 4.90 Å². The fraction of sp³-hybridized carbons (Fsp3) is 0.273. The molecular weight excluding hydrogens is 372 g/mol. The van der Waals surface area contributed by atoms with Crippen LogP contribution in [0.3, 0.4) is 0 Å². The Morgan fingerprint density at radius 1 is 1.18 bits per heavy atom. The summed E-state index contributed by atoms with van der Waals surface area (Å²) in [4.78, 5) is 14.5. The van der Waals surface area contributed by atoms with E-state index in [4.69, 9.17) is 21.7 Å². The number of allylic oxidation sites excluding steroid dienone is 1. The van der Waals surface area contributed by atoms with E-state index < -0.39 is 6.04 Å². The summed E-state index contributed by atoms with van der Waals surface area (Å²) >= 11 is 5.65. The predicted octanol–water partition coefficient (Wildman–Crippen LogP) is 4.28. The van der Waals surface area contributed by atoms with Gasteiger partial charge in [-0.2, -0.15) is 0 Å². The Bertz CT molecular complexity index is 922. The van der Waals surface area contributed by atoms with E-state index in [-0.39, 0.29) is 5.97 Å². The Balaban J connectivity index is 2.07. The van der Waals surface area contributed by atoms with Crippen LogP contribution < -0.4 is 15.0 Å². The number of thiocarbonyl (C=S) groups is 1. The molecule has 6 heteroatoms. The molecule has 1 unspecified atom stereocenters. The first-order valence-corrected chi connectivity index (χ1v) is 9.56. The van der Waals surface area contributed by atoms with Crippen molar-refractivity contribution in [2.24, 2.45) is 0 Å². The number of hydrogen-bond donors (Lipinski definition) is 1. The molecular formula is C22H24N2O3S. The number of nitrogens with one attached hydrogen (secondary N) is 1. The van der Waals surface area contributed by atoms with Crippen molar-refractivity contribution in [1.29, 1.82) is 0 Å². The quantitative estimate of drug-likeness (QED) is 0.601. The number of carbonyl (C=O) groups excluding carboxylic acids is 1. The summed E-state index contributed by atoms with van der Waals surface area (Å²) in [5.41, 5.74) is 4.21. The molecule has 3 rings (SSSR count). The molecule has 0 fully saturated rings. The lowest BCUT2D eigenvalue weighted by molar-refractivity contribution is -0.136. The van der Waals surface area contributed by atoms with Crippen molar-refractivity contribution in [1.82, 2.24) is 5.32 Å². The van der Waals surface area contributed by atoms with Gasteiger partial charge in [0, 0.05) is 11.4 Å². The smallest absolute Gasteiger partial charge is 0.337 e. The average Bonchev–Trinajstić information content (AvgIpc) is 2.68. The van der Waals surface area contributed by atoms with Crippen LogP contribution in [0.25, 0.3) is 0 Å². The molecule has 0 aromatic heterocycles. The molecule has 2 aromatic rings. The number of benzene rings is 2. The van der Waals surface area contributed by atoms with Gasteiger partial charge in [0.25, 0.3) is 0 Å². The van der Waals surface area contributed by atoms with Crippen molar-refractivity contribution in [3.05, 3.63) is 70.9 Å². The summed E-state index contributed by atoms with van der Waals surface area (Å²) in [5, 5.41) is 3.84. The second kappa shape index (κ2) is 8.44. The van der Waals surface area contributed by atoms with E-state index in [1.54, 1.807) is 0 Å². The summed E-state index contributed by atoms with van der Waals surface area (Å²) in [6.07, 6.45) is 0. The van der Waals surface area contributed by atoms with E-state index in [0.717, 1.165) is 28.3 Å². The highest BCUT2D eigenvalue weighted by Gasteiger charge is 2.35. The second-order valence-corrected chi connectivity index (χ2v) is 6.94. The molecule has 0 radical (unpaired) electrons. The number of esters is 1. The second-order valence-electron chi connectivity index (χ2n) is 6.55. The zero-order valence-corrected chi connectivity index (χ0v) is 17.3. The average molecular weight is 397 g/mol. The molecule has 1 aliphatic heterocycles. The number of aryl methyl sites for hydroxylation is 1. The van der Waals surface area contributed by atoms with E-state index in [1.165, 1.54) is 7.11 Å². The van der Waals surface area contributed by atoms with Crippen LogP contribution in [0.4, 0.5) is 5.69 Å². The highest BCUT2D eigenvalue weighted by Crippen LogP contribution is 2.34. The minimum absolute atomic E-state index is 0.385. The Morgan fingerprint density at radius 2 is 1.89 bits per heavy atom. The number of hydrogen-bond acceptors (Lipinski definition) is 4. The van der Waals surface area contributed by atoms with E-state index >= 15 is 0 Å². The summed E-state index contributed by atoms with van der Waals surface area (Å²) < 4.78 is 10.6. The molecule has 0 saturated carbocycles. The zero-order chi connectivity index (χ0) is 20.3. The standard InChI is InChI=1S/C22H24N2O3S/c1-5-27-18-11-9-16(10-12-18)20-19(21(25)26-4)15(3)24(22(28)23-20)17-8-6-7-14(2)13-17/h6-13,20H,5H2,1-4H3,(H,23,28). The van der Waals surface area contributed by atoms with Crippen LogP contribution in [0.2, 0.25) is 0 Å². The van der Waals surface area contributed by atoms with Crippen molar-refractivity contribution < 1.29 is 14.3 Å². The van der Waals surface area contributed by atoms with Crippen LogP contribution in [-0.2, 0) is 9.53 Å². The third-order valence-electron chi connectivity index (χ3n) is 4.67. The minimum atomic E-state index is -0.392. The Morgan fingerprint density at radius 3 is 2.50 bits per heavy atom. The third kappa shape index (κ3) is 3.87. The van der Waals surface area contributed by atoms with Crippen molar-refractivity contribution >= 4 is 29.0 Å². The summed E-state index contributed by atoms with van der Waals surface area (Å²) in [6.45, 7) is 6.45. The van der Waals surface area contributed by atoms with Gasteiger partial charge >= 0.3 is 5.97 Å². The Labute approximate surface area is 170 Å². The van der Waals surface area contributed by atoms with Crippen LogP contribution in [0.15, 0.2) is 59.8 Å². The van der Waals surface area contributed by atoms with Gasteiger partial charge < -0.3 is 14.8 Å². The van der Waals surface area contributed by atoms with Crippen LogP contribution in [0, 0.1) is 6.92 Å². The topological polar surface area (TPSA) is 50.8 Å². The molecule has 1 heterocycles. The van der Waals surface area contributed by atoms with Crippen LogP contribution in [-0.4, -0.2) is 24.8 Å².